The maximum absolute atomic E-state index is 12.7. The van der Waals surface area contributed by atoms with Crippen molar-refractivity contribution in [3.8, 4) is 0 Å². The van der Waals surface area contributed by atoms with E-state index in [0.29, 0.717) is 18.7 Å². The summed E-state index contributed by atoms with van der Waals surface area (Å²) >= 11 is 0. The Bertz CT molecular complexity index is 669. The first-order valence-corrected chi connectivity index (χ1v) is 6.86. The number of rotatable bonds is 2. The highest BCUT2D eigenvalue weighted by molar-refractivity contribution is 5.94. The summed E-state index contributed by atoms with van der Waals surface area (Å²) in [6, 6.07) is 6.72. The van der Waals surface area contributed by atoms with Gasteiger partial charge in [0.15, 0.2) is 0 Å². The van der Waals surface area contributed by atoms with E-state index in [4.69, 9.17) is 0 Å². The number of carbonyl (C=O) groups excluding carboxylic acids is 1. The minimum absolute atomic E-state index is 0. The topological polar surface area (TPSA) is 78.1 Å². The van der Waals surface area contributed by atoms with Crippen molar-refractivity contribution in [3.05, 3.63) is 64.3 Å². The van der Waals surface area contributed by atoms with Gasteiger partial charge < -0.3 is 15.2 Å². The number of pyridine rings is 2. The Morgan fingerprint density at radius 1 is 1.32 bits per heavy atom. The van der Waals surface area contributed by atoms with Gasteiger partial charge in [-0.15, -0.1) is 12.4 Å². The third kappa shape index (κ3) is 3.35. The lowest BCUT2D eigenvalue weighted by molar-refractivity contribution is 0.0633. The van der Waals surface area contributed by atoms with Crippen LogP contribution in [0, 0.1) is 0 Å². The molecule has 1 fully saturated rings. The molecule has 0 aliphatic carbocycles. The molecule has 7 heteroatoms. The van der Waals surface area contributed by atoms with E-state index >= 15 is 0 Å². The van der Waals surface area contributed by atoms with Crippen LogP contribution in [0.5, 0.6) is 0 Å². The molecule has 1 unspecified atom stereocenters. The third-order valence-electron chi connectivity index (χ3n) is 3.60. The minimum atomic E-state index is -0.212. The number of aromatic amines is 1. The minimum Gasteiger partial charge on any atom is -0.329 e. The molecule has 1 aliphatic heterocycles. The molecular weight excluding hydrogens is 304 g/mol. The number of nitrogens with zero attached hydrogens (tertiary/aromatic N) is 2. The van der Waals surface area contributed by atoms with Crippen LogP contribution in [0.25, 0.3) is 0 Å². The van der Waals surface area contributed by atoms with Crippen LogP contribution < -0.4 is 10.9 Å². The summed E-state index contributed by atoms with van der Waals surface area (Å²) in [4.78, 5) is 32.2. The lowest BCUT2D eigenvalue weighted by atomic mass is 10.0. The maximum Gasteiger partial charge on any atom is 0.255 e. The number of hydrogen-bond donors (Lipinski definition) is 2. The largest absolute Gasteiger partial charge is 0.329 e. The second kappa shape index (κ2) is 7.20. The molecule has 1 amide bonds. The summed E-state index contributed by atoms with van der Waals surface area (Å²) in [7, 11) is 0. The number of H-pyrrole nitrogens is 1. The van der Waals surface area contributed by atoms with Gasteiger partial charge in [-0.1, -0.05) is 6.07 Å². The predicted molar refractivity (Wildman–Crippen MR) is 85.2 cm³/mol. The highest BCUT2D eigenvalue weighted by Crippen LogP contribution is 2.23. The number of aromatic nitrogens is 2. The van der Waals surface area contributed by atoms with Crippen LogP contribution >= 0.6 is 12.4 Å². The van der Waals surface area contributed by atoms with Gasteiger partial charge in [0, 0.05) is 44.3 Å². The molecule has 0 saturated carbocycles. The zero-order valence-corrected chi connectivity index (χ0v) is 12.7. The first-order chi connectivity index (χ1) is 10.3. The standard InChI is InChI=1S/C15H16N4O2.ClH/c20-14-4-3-12(9-18-14)15(21)19-7-6-17-10-13(19)11-2-1-5-16-8-11;/h1-5,8-9,13,17H,6-7,10H2,(H,18,20);1H. The van der Waals surface area contributed by atoms with Crippen molar-refractivity contribution in [2.45, 2.75) is 6.04 Å². The number of amides is 1. The summed E-state index contributed by atoms with van der Waals surface area (Å²) in [5, 5.41) is 3.30. The summed E-state index contributed by atoms with van der Waals surface area (Å²) in [5.41, 5.74) is 1.28. The maximum atomic E-state index is 12.7. The van der Waals surface area contributed by atoms with Gasteiger partial charge in [-0.3, -0.25) is 14.6 Å². The Morgan fingerprint density at radius 2 is 2.18 bits per heavy atom. The van der Waals surface area contributed by atoms with Crippen LogP contribution in [0.4, 0.5) is 0 Å². The predicted octanol–water partition coefficient (Wildman–Crippen LogP) is 0.978. The third-order valence-corrected chi connectivity index (χ3v) is 3.60. The van der Waals surface area contributed by atoms with E-state index in [1.54, 1.807) is 18.5 Å². The van der Waals surface area contributed by atoms with Gasteiger partial charge in [-0.2, -0.15) is 0 Å². The number of piperazine rings is 1. The van der Waals surface area contributed by atoms with E-state index in [9.17, 15) is 9.59 Å². The molecule has 0 spiro atoms. The molecule has 0 bridgehead atoms. The van der Waals surface area contributed by atoms with Gasteiger partial charge in [0.2, 0.25) is 5.56 Å². The average Bonchev–Trinajstić information content (AvgIpc) is 2.56. The van der Waals surface area contributed by atoms with E-state index in [0.717, 1.165) is 12.1 Å². The Hall–Kier alpha value is -2.18. The van der Waals surface area contributed by atoms with Gasteiger partial charge in [-0.25, -0.2) is 0 Å². The van der Waals surface area contributed by atoms with Crippen molar-refractivity contribution in [3.63, 3.8) is 0 Å². The highest BCUT2D eigenvalue weighted by Gasteiger charge is 2.28. The Labute approximate surface area is 134 Å². The van der Waals surface area contributed by atoms with Crippen molar-refractivity contribution < 1.29 is 4.79 Å². The van der Waals surface area contributed by atoms with Crippen LogP contribution in [-0.4, -0.2) is 40.4 Å². The molecule has 1 atom stereocenters. The molecule has 2 aromatic heterocycles. The zero-order valence-electron chi connectivity index (χ0n) is 11.9. The highest BCUT2D eigenvalue weighted by atomic mass is 35.5. The molecule has 2 N–H and O–H groups in total. The Balaban J connectivity index is 0.00000176. The first-order valence-electron chi connectivity index (χ1n) is 6.86. The van der Waals surface area contributed by atoms with Crippen LogP contribution in [0.15, 0.2) is 47.7 Å². The Morgan fingerprint density at radius 3 is 2.86 bits per heavy atom. The molecule has 22 heavy (non-hydrogen) atoms. The molecule has 1 aliphatic rings. The van der Waals surface area contributed by atoms with Crippen molar-refractivity contribution in [1.29, 1.82) is 0 Å². The monoisotopic (exact) mass is 320 g/mol. The lowest BCUT2D eigenvalue weighted by Gasteiger charge is -2.36. The fraction of sp³-hybridized carbons (Fsp3) is 0.267. The van der Waals surface area contributed by atoms with E-state index in [1.807, 2.05) is 17.0 Å². The smallest absolute Gasteiger partial charge is 0.255 e. The van der Waals surface area contributed by atoms with Gasteiger partial charge in [0.05, 0.1) is 11.6 Å². The molecule has 0 radical (unpaired) electrons. The molecule has 3 rings (SSSR count). The summed E-state index contributed by atoms with van der Waals surface area (Å²) in [6.07, 6.45) is 4.96. The van der Waals surface area contributed by atoms with Crippen molar-refractivity contribution in [2.24, 2.45) is 0 Å². The fourth-order valence-electron chi connectivity index (χ4n) is 2.53. The summed E-state index contributed by atoms with van der Waals surface area (Å²) in [5.74, 6) is -0.0818. The summed E-state index contributed by atoms with van der Waals surface area (Å²) < 4.78 is 0. The van der Waals surface area contributed by atoms with E-state index in [-0.39, 0.29) is 29.9 Å². The van der Waals surface area contributed by atoms with Crippen LogP contribution in [0.3, 0.4) is 0 Å². The zero-order chi connectivity index (χ0) is 14.7. The molecule has 6 nitrogen and oxygen atoms in total. The average molecular weight is 321 g/mol. The van der Waals surface area contributed by atoms with Gasteiger partial charge >= 0.3 is 0 Å². The van der Waals surface area contributed by atoms with Crippen molar-refractivity contribution in [1.82, 2.24) is 20.2 Å². The van der Waals surface area contributed by atoms with Crippen LogP contribution in [0.1, 0.15) is 22.0 Å². The number of carbonyl (C=O) groups is 1. The van der Waals surface area contributed by atoms with Gasteiger partial charge in [-0.05, 0) is 17.7 Å². The van der Waals surface area contributed by atoms with Crippen LogP contribution in [-0.2, 0) is 0 Å². The second-order valence-electron chi connectivity index (χ2n) is 4.95. The normalized spacial score (nSPS) is 17.6. The van der Waals surface area contributed by atoms with E-state index < -0.39 is 0 Å². The van der Waals surface area contributed by atoms with Crippen molar-refractivity contribution in [2.75, 3.05) is 19.6 Å². The summed E-state index contributed by atoms with van der Waals surface area (Å²) in [6.45, 7) is 2.07. The first kappa shape index (κ1) is 16.2. The molecule has 2 aromatic rings. The second-order valence-corrected chi connectivity index (χ2v) is 4.95. The number of nitrogens with one attached hydrogen (secondary N) is 2. The van der Waals surface area contributed by atoms with Gasteiger partial charge in [0.1, 0.15) is 0 Å². The molecule has 0 aromatic carbocycles. The quantitative estimate of drug-likeness (QED) is 0.864. The molecular formula is C15H17ClN4O2. The van der Waals surface area contributed by atoms with E-state index in [2.05, 4.69) is 15.3 Å². The van der Waals surface area contributed by atoms with Gasteiger partial charge in [0.25, 0.3) is 5.91 Å². The SMILES string of the molecule is Cl.O=C(c1ccc(=O)[nH]c1)N1CCNCC1c1cccnc1. The fourth-order valence-corrected chi connectivity index (χ4v) is 2.53. The molecule has 1 saturated heterocycles. The molecule has 3 heterocycles. The lowest BCUT2D eigenvalue weighted by Crippen LogP contribution is -2.48. The molecule has 116 valence electrons. The number of hydrogen-bond acceptors (Lipinski definition) is 4. The number of halogens is 1. The van der Waals surface area contributed by atoms with Crippen molar-refractivity contribution >= 4 is 18.3 Å². The Kier molecular flexibility index (Phi) is 5.30. The van der Waals surface area contributed by atoms with E-state index in [1.165, 1.54) is 12.3 Å². The van der Waals surface area contributed by atoms with Crippen LogP contribution in [0.2, 0.25) is 0 Å².